The zero-order valence-corrected chi connectivity index (χ0v) is 23.2. The molecule has 218 valence electrons. The maximum absolute atomic E-state index is 12.7. The van der Waals surface area contributed by atoms with Crippen LogP contribution in [0.3, 0.4) is 0 Å². The van der Waals surface area contributed by atoms with Crippen LogP contribution in [0.1, 0.15) is 72.5 Å². The summed E-state index contributed by atoms with van der Waals surface area (Å²) in [5, 5.41) is 35.5. The summed E-state index contributed by atoms with van der Waals surface area (Å²) in [7, 11) is 1.08. The summed E-state index contributed by atoms with van der Waals surface area (Å²) in [5.74, 6) is -0.297. The number of nitro groups is 3. The molecule has 1 aliphatic rings. The molecule has 0 saturated heterocycles. The van der Waals surface area contributed by atoms with Gasteiger partial charge in [0, 0.05) is 29.3 Å². The topological polar surface area (TPSA) is 165 Å². The van der Waals surface area contributed by atoms with E-state index in [1.54, 1.807) is 30.3 Å². The van der Waals surface area contributed by atoms with Crippen LogP contribution in [-0.2, 0) is 4.74 Å². The minimum atomic E-state index is -0.943. The van der Waals surface area contributed by atoms with Gasteiger partial charge in [-0.15, -0.1) is 0 Å². The van der Waals surface area contributed by atoms with E-state index in [9.17, 15) is 35.1 Å². The molecule has 0 aromatic heterocycles. The van der Waals surface area contributed by atoms with Crippen molar-refractivity contribution in [1.82, 2.24) is 0 Å². The molecular weight excluding hydrogens is 546 g/mol. The van der Waals surface area contributed by atoms with E-state index in [2.05, 4.69) is 6.92 Å². The van der Waals surface area contributed by atoms with Gasteiger partial charge in [0.25, 0.3) is 17.1 Å². The van der Waals surface area contributed by atoms with Gasteiger partial charge in [-0.2, -0.15) is 0 Å². The fourth-order valence-electron chi connectivity index (χ4n) is 5.02. The Morgan fingerprint density at radius 2 is 1.38 bits per heavy atom. The van der Waals surface area contributed by atoms with Crippen molar-refractivity contribution in [1.29, 1.82) is 0 Å². The third-order valence-corrected chi connectivity index (χ3v) is 7.04. The van der Waals surface area contributed by atoms with Crippen LogP contribution < -0.4 is 4.74 Å². The molecule has 3 aromatic carbocycles. The third-order valence-electron chi connectivity index (χ3n) is 7.04. The Morgan fingerprint density at radius 3 is 1.98 bits per heavy atom. The number of carbonyl (C=O) groups is 1. The number of hydrogen-bond acceptors (Lipinski definition) is 9. The van der Waals surface area contributed by atoms with E-state index in [0.717, 1.165) is 32.1 Å². The normalized spacial score (nSPS) is 12.5. The van der Waals surface area contributed by atoms with E-state index in [4.69, 9.17) is 9.47 Å². The smallest absolute Gasteiger partial charge is 0.338 e. The molecule has 1 aliphatic carbocycles. The highest BCUT2D eigenvalue weighted by Gasteiger charge is 2.38. The lowest BCUT2D eigenvalue weighted by Gasteiger charge is -2.09. The largest absolute Gasteiger partial charge is 0.494 e. The first-order valence-corrected chi connectivity index (χ1v) is 13.5. The second kappa shape index (κ2) is 13.0. The lowest BCUT2D eigenvalue weighted by atomic mass is 9.96. The fraction of sp³-hybridized carbons (Fsp3) is 0.300. The van der Waals surface area contributed by atoms with Crippen molar-refractivity contribution in [2.75, 3.05) is 13.7 Å². The van der Waals surface area contributed by atoms with Gasteiger partial charge in [-0.1, -0.05) is 51.2 Å². The average Bonchev–Trinajstić information content (AvgIpc) is 3.29. The second-order valence-electron chi connectivity index (χ2n) is 9.81. The van der Waals surface area contributed by atoms with Crippen molar-refractivity contribution in [3.05, 3.63) is 101 Å². The Morgan fingerprint density at radius 1 is 0.786 bits per heavy atom. The van der Waals surface area contributed by atoms with Crippen molar-refractivity contribution >= 4 is 34.7 Å². The zero-order chi connectivity index (χ0) is 30.4. The minimum Gasteiger partial charge on any atom is -0.494 e. The summed E-state index contributed by atoms with van der Waals surface area (Å²) >= 11 is 0. The van der Waals surface area contributed by atoms with Crippen LogP contribution in [0.4, 0.5) is 17.1 Å². The Labute approximate surface area is 241 Å². The standard InChI is InChI=1S/C30H29N3O9/c1-3-4-5-6-7-8-13-42-22-11-9-19(10-12-22)14-23-24-15-20(31(35)36)17-26(30(34)41-2)28(24)29-25(23)16-21(32(37)38)18-27(29)33(39)40/h9-12,14-18H,3-8,13H2,1-2H3/b23-14-. The monoisotopic (exact) mass is 575 g/mol. The first-order chi connectivity index (χ1) is 20.2. The average molecular weight is 576 g/mol. The summed E-state index contributed by atoms with van der Waals surface area (Å²) in [6.07, 6.45) is 8.42. The van der Waals surface area contributed by atoms with Gasteiger partial charge in [0.05, 0.1) is 45.7 Å². The molecule has 0 bridgehead atoms. The van der Waals surface area contributed by atoms with Gasteiger partial charge >= 0.3 is 5.97 Å². The van der Waals surface area contributed by atoms with Crippen molar-refractivity contribution < 1.29 is 29.0 Å². The third kappa shape index (κ3) is 6.27. The van der Waals surface area contributed by atoms with Crippen LogP contribution in [0.2, 0.25) is 0 Å². The number of esters is 1. The highest BCUT2D eigenvalue weighted by molar-refractivity contribution is 6.15. The number of non-ortho nitro benzene ring substituents is 2. The lowest BCUT2D eigenvalue weighted by Crippen LogP contribution is -2.06. The first-order valence-electron chi connectivity index (χ1n) is 13.5. The number of ether oxygens (including phenoxy) is 2. The first kappa shape index (κ1) is 29.8. The van der Waals surface area contributed by atoms with Crippen molar-refractivity contribution in [3.63, 3.8) is 0 Å². The number of benzene rings is 3. The number of nitro benzene ring substituents is 3. The van der Waals surface area contributed by atoms with Gasteiger partial charge in [-0.25, -0.2) is 4.79 Å². The van der Waals surface area contributed by atoms with Crippen LogP contribution in [0.15, 0.2) is 48.5 Å². The number of methoxy groups -OCH3 is 1. The molecule has 0 fully saturated rings. The van der Waals surface area contributed by atoms with E-state index in [1.165, 1.54) is 37.8 Å². The maximum Gasteiger partial charge on any atom is 0.338 e. The highest BCUT2D eigenvalue weighted by Crippen LogP contribution is 2.53. The van der Waals surface area contributed by atoms with E-state index in [-0.39, 0.29) is 33.4 Å². The molecule has 12 heteroatoms. The summed E-state index contributed by atoms with van der Waals surface area (Å²) in [6, 6.07) is 11.1. The molecule has 3 aromatic rings. The Bertz CT molecular complexity index is 1580. The van der Waals surface area contributed by atoms with Gasteiger partial charge in [0.15, 0.2) is 0 Å². The molecule has 0 atom stereocenters. The van der Waals surface area contributed by atoms with Crippen molar-refractivity contribution in [3.8, 4) is 16.9 Å². The predicted molar refractivity (Wildman–Crippen MR) is 155 cm³/mol. The quantitative estimate of drug-likeness (QED) is 0.0678. The highest BCUT2D eigenvalue weighted by atomic mass is 16.6. The number of hydrogen-bond donors (Lipinski definition) is 0. The van der Waals surface area contributed by atoms with E-state index in [0.29, 0.717) is 17.9 Å². The summed E-state index contributed by atoms with van der Waals surface area (Å²) in [6.45, 7) is 2.74. The number of unbranched alkanes of at least 4 members (excludes halogenated alkanes) is 5. The van der Waals surface area contributed by atoms with Crippen LogP contribution in [0, 0.1) is 30.3 Å². The number of rotatable bonds is 13. The molecule has 0 N–H and O–H groups in total. The molecule has 4 rings (SSSR count). The number of nitrogens with zero attached hydrogens (tertiary/aromatic N) is 3. The van der Waals surface area contributed by atoms with Gasteiger partial charge in [-0.05, 0) is 41.3 Å². The lowest BCUT2D eigenvalue weighted by molar-refractivity contribution is -0.393. The number of carbonyl (C=O) groups excluding carboxylic acids is 1. The molecule has 12 nitrogen and oxygen atoms in total. The number of fused-ring (bicyclic) bond motifs is 3. The molecule has 0 aliphatic heterocycles. The summed E-state index contributed by atoms with van der Waals surface area (Å²) in [5.41, 5.74) is -0.766. The molecule has 0 unspecified atom stereocenters. The van der Waals surface area contributed by atoms with Crippen LogP contribution >= 0.6 is 0 Å². The SMILES string of the molecule is CCCCCCCCOc1ccc(/C=C2/c3cc([N+](=O)[O-])cc(C(=O)OC)c3-c3c2cc([N+](=O)[O-])cc3[N+](=O)[O-])cc1. The maximum atomic E-state index is 12.7. The fourth-order valence-corrected chi connectivity index (χ4v) is 5.02. The summed E-state index contributed by atoms with van der Waals surface area (Å²) in [4.78, 5) is 46.0. The minimum absolute atomic E-state index is 0.0363. The van der Waals surface area contributed by atoms with E-state index >= 15 is 0 Å². The van der Waals surface area contributed by atoms with Crippen LogP contribution in [0.25, 0.3) is 22.8 Å². The summed E-state index contributed by atoms with van der Waals surface area (Å²) < 4.78 is 10.7. The van der Waals surface area contributed by atoms with Gasteiger partial charge < -0.3 is 9.47 Å². The predicted octanol–water partition coefficient (Wildman–Crippen LogP) is 7.51. The van der Waals surface area contributed by atoms with Crippen molar-refractivity contribution in [2.24, 2.45) is 0 Å². The van der Waals surface area contributed by atoms with E-state index in [1.807, 2.05) is 0 Å². The Hall–Kier alpha value is -5.13. The molecule has 42 heavy (non-hydrogen) atoms. The van der Waals surface area contributed by atoms with Gasteiger partial charge in [-0.3, -0.25) is 30.3 Å². The van der Waals surface area contributed by atoms with Gasteiger partial charge in [0.2, 0.25) is 0 Å². The zero-order valence-electron chi connectivity index (χ0n) is 23.2. The van der Waals surface area contributed by atoms with Gasteiger partial charge in [0.1, 0.15) is 5.75 Å². The molecule has 0 heterocycles. The molecule has 0 saturated carbocycles. The Kier molecular flexibility index (Phi) is 9.25. The molecule has 0 radical (unpaired) electrons. The Balaban J connectivity index is 1.79. The van der Waals surface area contributed by atoms with Crippen LogP contribution in [-0.4, -0.2) is 34.5 Å². The molecule has 0 spiro atoms. The molecule has 0 amide bonds. The van der Waals surface area contributed by atoms with Crippen LogP contribution in [0.5, 0.6) is 5.75 Å². The van der Waals surface area contributed by atoms with Crippen molar-refractivity contribution in [2.45, 2.75) is 45.4 Å². The molecular formula is C30H29N3O9. The van der Waals surface area contributed by atoms with E-state index < -0.39 is 37.8 Å². The second-order valence-corrected chi connectivity index (χ2v) is 9.81.